The summed E-state index contributed by atoms with van der Waals surface area (Å²) in [7, 11) is 4.43. The van der Waals surface area contributed by atoms with Crippen LogP contribution in [-0.4, -0.2) is 75.0 Å². The number of quaternary nitrogens is 1. The molecule has 3 heterocycles. The molecule has 0 bridgehead atoms. The highest BCUT2D eigenvalue weighted by molar-refractivity contribution is 4.97. The normalized spacial score (nSPS) is 33.0. The molecular weight excluding hydrogens is 241 g/mol. The average Bonchev–Trinajstić information content (AvgIpc) is 2.33. The van der Waals surface area contributed by atoms with Crippen molar-refractivity contribution in [3.8, 4) is 0 Å². The van der Waals surface area contributed by atoms with Crippen LogP contribution in [-0.2, 0) is 0 Å². The van der Waals surface area contributed by atoms with Gasteiger partial charge in [0.1, 0.15) is 5.67 Å². The van der Waals surface area contributed by atoms with Gasteiger partial charge in [-0.25, -0.2) is 4.39 Å². The molecule has 3 aliphatic heterocycles. The molecule has 0 aromatic rings. The maximum atomic E-state index is 14.9. The molecule has 0 amide bonds. The first-order chi connectivity index (χ1) is 8.91. The zero-order valence-corrected chi connectivity index (χ0v) is 12.6. The molecule has 19 heavy (non-hydrogen) atoms. The van der Waals surface area contributed by atoms with Crippen molar-refractivity contribution in [3.05, 3.63) is 0 Å². The number of likely N-dealkylation sites (tertiary alicyclic amines) is 2. The second-order valence-electron chi connectivity index (χ2n) is 7.91. The van der Waals surface area contributed by atoms with Crippen LogP contribution in [0.1, 0.15) is 25.7 Å². The first-order valence-corrected chi connectivity index (χ1v) is 7.85. The molecule has 1 spiro atoms. The Morgan fingerprint density at radius 1 is 1.05 bits per heavy atom. The van der Waals surface area contributed by atoms with Gasteiger partial charge in [-0.2, -0.15) is 0 Å². The molecule has 0 aromatic carbocycles. The Labute approximate surface area is 116 Å². The van der Waals surface area contributed by atoms with E-state index in [0.717, 1.165) is 43.5 Å². The van der Waals surface area contributed by atoms with Crippen LogP contribution in [0.3, 0.4) is 0 Å². The van der Waals surface area contributed by atoms with Gasteiger partial charge in [0.25, 0.3) is 0 Å². The minimum atomic E-state index is -0.920. The van der Waals surface area contributed by atoms with E-state index in [2.05, 4.69) is 24.3 Å². The monoisotopic (exact) mass is 270 g/mol. The molecule has 3 saturated heterocycles. The van der Waals surface area contributed by atoms with Crippen molar-refractivity contribution in [1.29, 1.82) is 0 Å². The number of halogens is 1. The maximum Gasteiger partial charge on any atom is 0.134 e. The SMILES string of the molecule is C[N+]1(C)CCC(F)(CN2CCC3(CC2)CNC3)CC1. The Hall–Kier alpha value is -0.190. The zero-order chi connectivity index (χ0) is 13.6. The summed E-state index contributed by atoms with van der Waals surface area (Å²) in [5.74, 6) is 0. The van der Waals surface area contributed by atoms with Crippen molar-refractivity contribution in [3.63, 3.8) is 0 Å². The topological polar surface area (TPSA) is 15.3 Å². The average molecular weight is 270 g/mol. The first kappa shape index (κ1) is 13.8. The summed E-state index contributed by atoms with van der Waals surface area (Å²) in [4.78, 5) is 2.38. The maximum absolute atomic E-state index is 14.9. The number of hydrogen-bond acceptors (Lipinski definition) is 2. The van der Waals surface area contributed by atoms with Gasteiger partial charge in [-0.3, -0.25) is 0 Å². The molecule has 0 radical (unpaired) electrons. The van der Waals surface area contributed by atoms with E-state index in [0.29, 0.717) is 12.0 Å². The lowest BCUT2D eigenvalue weighted by Crippen LogP contribution is -2.60. The van der Waals surface area contributed by atoms with Gasteiger partial charge in [0, 0.05) is 32.5 Å². The van der Waals surface area contributed by atoms with Crippen LogP contribution in [0.4, 0.5) is 4.39 Å². The van der Waals surface area contributed by atoms with Crippen LogP contribution in [0.2, 0.25) is 0 Å². The summed E-state index contributed by atoms with van der Waals surface area (Å²) in [6.45, 7) is 7.23. The van der Waals surface area contributed by atoms with E-state index in [9.17, 15) is 4.39 Å². The third-order valence-corrected chi connectivity index (χ3v) is 5.75. The predicted molar refractivity (Wildman–Crippen MR) is 75.9 cm³/mol. The Bertz CT molecular complexity index is 318. The molecule has 0 aliphatic carbocycles. The Morgan fingerprint density at radius 2 is 1.63 bits per heavy atom. The summed E-state index contributed by atoms with van der Waals surface area (Å²) < 4.78 is 15.9. The van der Waals surface area contributed by atoms with E-state index >= 15 is 0 Å². The van der Waals surface area contributed by atoms with Crippen LogP contribution in [0.15, 0.2) is 0 Å². The predicted octanol–water partition coefficient (Wildman–Crippen LogP) is 1.25. The number of piperidine rings is 2. The highest BCUT2D eigenvalue weighted by Gasteiger charge is 2.44. The minimum Gasteiger partial charge on any atom is -0.328 e. The van der Waals surface area contributed by atoms with Crippen LogP contribution in [0, 0.1) is 5.41 Å². The quantitative estimate of drug-likeness (QED) is 0.760. The van der Waals surface area contributed by atoms with Gasteiger partial charge < -0.3 is 14.7 Å². The molecule has 4 heteroatoms. The minimum absolute atomic E-state index is 0.575. The number of nitrogens with zero attached hydrogens (tertiary/aromatic N) is 2. The van der Waals surface area contributed by atoms with E-state index in [1.165, 1.54) is 25.9 Å². The highest BCUT2D eigenvalue weighted by Crippen LogP contribution is 2.37. The van der Waals surface area contributed by atoms with E-state index in [4.69, 9.17) is 0 Å². The van der Waals surface area contributed by atoms with E-state index in [1.807, 2.05) is 0 Å². The largest absolute Gasteiger partial charge is 0.328 e. The third-order valence-electron chi connectivity index (χ3n) is 5.75. The second kappa shape index (κ2) is 4.68. The standard InChI is InChI=1S/C15H29FN3/c1-19(2)9-5-15(16,6-10-19)13-18-7-3-14(4-8-18)11-17-12-14/h17H,3-13H2,1-2H3/q+1. The molecule has 0 aromatic heterocycles. The van der Waals surface area contributed by atoms with Crippen molar-refractivity contribution < 1.29 is 8.87 Å². The van der Waals surface area contributed by atoms with Crippen LogP contribution >= 0.6 is 0 Å². The number of nitrogens with one attached hydrogen (secondary N) is 1. The molecule has 3 rings (SSSR count). The van der Waals surface area contributed by atoms with Crippen molar-refractivity contribution in [2.24, 2.45) is 5.41 Å². The molecule has 3 fully saturated rings. The lowest BCUT2D eigenvalue weighted by molar-refractivity contribution is -0.897. The van der Waals surface area contributed by atoms with Gasteiger partial charge in [-0.1, -0.05) is 0 Å². The number of rotatable bonds is 2. The summed E-state index contributed by atoms with van der Waals surface area (Å²) >= 11 is 0. The van der Waals surface area contributed by atoms with E-state index in [1.54, 1.807) is 0 Å². The fraction of sp³-hybridized carbons (Fsp3) is 1.00. The van der Waals surface area contributed by atoms with E-state index in [-0.39, 0.29) is 0 Å². The smallest absolute Gasteiger partial charge is 0.134 e. The van der Waals surface area contributed by atoms with Crippen molar-refractivity contribution in [2.45, 2.75) is 31.4 Å². The van der Waals surface area contributed by atoms with Crippen LogP contribution < -0.4 is 5.32 Å². The van der Waals surface area contributed by atoms with Gasteiger partial charge in [-0.05, 0) is 31.3 Å². The van der Waals surface area contributed by atoms with Gasteiger partial charge >= 0.3 is 0 Å². The van der Waals surface area contributed by atoms with Crippen molar-refractivity contribution in [1.82, 2.24) is 10.2 Å². The Kier molecular flexibility index (Phi) is 3.39. The Morgan fingerprint density at radius 3 is 2.11 bits per heavy atom. The molecule has 3 aliphatic rings. The van der Waals surface area contributed by atoms with Gasteiger partial charge in [0.2, 0.25) is 0 Å². The third kappa shape index (κ3) is 2.96. The highest BCUT2D eigenvalue weighted by atomic mass is 19.1. The molecule has 0 atom stereocenters. The van der Waals surface area contributed by atoms with Gasteiger partial charge in [0.05, 0.1) is 27.2 Å². The van der Waals surface area contributed by atoms with Gasteiger partial charge in [0.15, 0.2) is 0 Å². The summed E-state index contributed by atoms with van der Waals surface area (Å²) in [5.41, 5.74) is -0.346. The molecule has 3 nitrogen and oxygen atoms in total. The number of hydrogen-bond donors (Lipinski definition) is 1. The molecular formula is C15H29FN3+. The fourth-order valence-corrected chi connectivity index (χ4v) is 3.82. The zero-order valence-electron chi connectivity index (χ0n) is 12.6. The summed E-state index contributed by atoms with van der Waals surface area (Å²) in [5, 5.41) is 3.39. The fourth-order valence-electron chi connectivity index (χ4n) is 3.82. The summed E-state index contributed by atoms with van der Waals surface area (Å²) in [6, 6.07) is 0. The van der Waals surface area contributed by atoms with E-state index < -0.39 is 5.67 Å². The Balaban J connectivity index is 1.49. The van der Waals surface area contributed by atoms with Crippen molar-refractivity contribution in [2.75, 3.05) is 59.9 Å². The molecule has 110 valence electrons. The molecule has 0 unspecified atom stereocenters. The summed E-state index contributed by atoms with van der Waals surface area (Å²) in [6.07, 6.45) is 4.00. The lowest BCUT2D eigenvalue weighted by atomic mass is 9.73. The van der Waals surface area contributed by atoms with Crippen LogP contribution in [0.25, 0.3) is 0 Å². The molecule has 1 N–H and O–H groups in total. The van der Waals surface area contributed by atoms with Crippen molar-refractivity contribution >= 4 is 0 Å². The van der Waals surface area contributed by atoms with Gasteiger partial charge in [-0.15, -0.1) is 0 Å². The lowest BCUT2D eigenvalue weighted by Gasteiger charge is -2.50. The number of alkyl halides is 1. The second-order valence-corrected chi connectivity index (χ2v) is 7.91. The van der Waals surface area contributed by atoms with Crippen LogP contribution in [0.5, 0.6) is 0 Å². The molecule has 0 saturated carbocycles. The first-order valence-electron chi connectivity index (χ1n) is 7.85.